The first-order valence-electron chi connectivity index (χ1n) is 4.34. The third kappa shape index (κ3) is 6.08. The van der Waals surface area contributed by atoms with Gasteiger partial charge in [-0.3, -0.25) is 4.99 Å². The van der Waals surface area contributed by atoms with Gasteiger partial charge in [-0.1, -0.05) is 34.6 Å². The van der Waals surface area contributed by atoms with Crippen molar-refractivity contribution in [3.63, 3.8) is 0 Å². The molecule has 0 atom stereocenters. The van der Waals surface area contributed by atoms with Crippen molar-refractivity contribution in [3.8, 4) is 0 Å². The standard InChI is InChI=1S/C10H21N/c1-8(2)9(3)11-7-10(4,5)6/h8H,7H2,1-6H3/b11-9+. The highest BCUT2D eigenvalue weighted by molar-refractivity contribution is 5.83. The molecule has 0 fully saturated rings. The molecule has 0 saturated heterocycles. The van der Waals surface area contributed by atoms with Gasteiger partial charge in [0.2, 0.25) is 0 Å². The zero-order valence-electron chi connectivity index (χ0n) is 8.73. The molecule has 0 aliphatic rings. The van der Waals surface area contributed by atoms with Crippen LogP contribution in [0.25, 0.3) is 0 Å². The molecule has 0 unspecified atom stereocenters. The van der Waals surface area contributed by atoms with Crippen LogP contribution in [0.3, 0.4) is 0 Å². The van der Waals surface area contributed by atoms with E-state index in [1.54, 1.807) is 0 Å². The second kappa shape index (κ2) is 3.89. The van der Waals surface area contributed by atoms with Gasteiger partial charge in [-0.15, -0.1) is 0 Å². The predicted octanol–water partition coefficient (Wildman–Crippen LogP) is 3.15. The molecule has 0 aliphatic carbocycles. The summed E-state index contributed by atoms with van der Waals surface area (Å²) in [5, 5.41) is 0. The van der Waals surface area contributed by atoms with E-state index >= 15 is 0 Å². The van der Waals surface area contributed by atoms with Gasteiger partial charge in [0.25, 0.3) is 0 Å². The van der Waals surface area contributed by atoms with Crippen LogP contribution < -0.4 is 0 Å². The molecule has 0 rings (SSSR count). The fraction of sp³-hybridized carbons (Fsp3) is 0.900. The van der Waals surface area contributed by atoms with Crippen LogP contribution in [0.2, 0.25) is 0 Å². The van der Waals surface area contributed by atoms with Crippen molar-refractivity contribution in [1.82, 2.24) is 0 Å². The van der Waals surface area contributed by atoms with Gasteiger partial charge in [0.15, 0.2) is 0 Å². The smallest absolute Gasteiger partial charge is 0.0437 e. The molecule has 0 N–H and O–H groups in total. The van der Waals surface area contributed by atoms with Gasteiger partial charge in [0.05, 0.1) is 0 Å². The number of nitrogens with zero attached hydrogens (tertiary/aromatic N) is 1. The van der Waals surface area contributed by atoms with Gasteiger partial charge in [0.1, 0.15) is 0 Å². The van der Waals surface area contributed by atoms with Crippen LogP contribution in [0.5, 0.6) is 0 Å². The maximum absolute atomic E-state index is 4.51. The fourth-order valence-corrected chi connectivity index (χ4v) is 0.544. The van der Waals surface area contributed by atoms with Crippen molar-refractivity contribution in [2.45, 2.75) is 41.5 Å². The van der Waals surface area contributed by atoms with E-state index in [9.17, 15) is 0 Å². The van der Waals surface area contributed by atoms with Gasteiger partial charge in [-0.25, -0.2) is 0 Å². The Hall–Kier alpha value is -0.330. The predicted molar refractivity (Wildman–Crippen MR) is 52.3 cm³/mol. The Kier molecular flexibility index (Phi) is 3.77. The minimum Gasteiger partial charge on any atom is -0.294 e. The lowest BCUT2D eigenvalue weighted by Crippen LogP contribution is -2.12. The van der Waals surface area contributed by atoms with E-state index in [-0.39, 0.29) is 0 Å². The molecule has 0 radical (unpaired) electrons. The average molecular weight is 155 g/mol. The highest BCUT2D eigenvalue weighted by Crippen LogP contribution is 2.13. The molecule has 66 valence electrons. The summed E-state index contributed by atoms with van der Waals surface area (Å²) in [5.41, 5.74) is 1.59. The van der Waals surface area contributed by atoms with Crippen LogP contribution in [0, 0.1) is 11.3 Å². The summed E-state index contributed by atoms with van der Waals surface area (Å²) in [5.74, 6) is 0.595. The van der Waals surface area contributed by atoms with Gasteiger partial charge < -0.3 is 0 Å². The Morgan fingerprint density at radius 3 is 2.00 bits per heavy atom. The van der Waals surface area contributed by atoms with Crippen molar-refractivity contribution in [1.29, 1.82) is 0 Å². The summed E-state index contributed by atoms with van der Waals surface area (Å²) >= 11 is 0. The Morgan fingerprint density at radius 1 is 1.27 bits per heavy atom. The number of aliphatic imine (C=N–C) groups is 1. The molecule has 0 aromatic carbocycles. The van der Waals surface area contributed by atoms with E-state index in [4.69, 9.17) is 0 Å². The van der Waals surface area contributed by atoms with Crippen molar-refractivity contribution >= 4 is 5.71 Å². The number of hydrogen-bond donors (Lipinski definition) is 0. The average Bonchev–Trinajstić information content (AvgIpc) is 1.80. The van der Waals surface area contributed by atoms with E-state index in [0.717, 1.165) is 6.54 Å². The van der Waals surface area contributed by atoms with E-state index in [1.165, 1.54) is 5.71 Å². The van der Waals surface area contributed by atoms with Crippen LogP contribution in [-0.2, 0) is 0 Å². The van der Waals surface area contributed by atoms with Crippen LogP contribution in [0.15, 0.2) is 4.99 Å². The van der Waals surface area contributed by atoms with Crippen molar-refractivity contribution < 1.29 is 0 Å². The first-order chi connectivity index (χ1) is 4.83. The molecule has 0 saturated carbocycles. The molecule has 0 spiro atoms. The third-order valence-electron chi connectivity index (χ3n) is 1.64. The number of rotatable bonds is 2. The first kappa shape index (κ1) is 10.7. The molecule has 0 aromatic rings. The fourth-order valence-electron chi connectivity index (χ4n) is 0.544. The summed E-state index contributed by atoms with van der Waals surface area (Å²) in [6.07, 6.45) is 0. The summed E-state index contributed by atoms with van der Waals surface area (Å²) < 4.78 is 0. The zero-order chi connectivity index (χ0) is 9.07. The second-order valence-corrected chi connectivity index (χ2v) is 4.67. The molecule has 0 heterocycles. The molecule has 0 aromatic heterocycles. The zero-order valence-corrected chi connectivity index (χ0v) is 8.73. The van der Waals surface area contributed by atoms with Crippen LogP contribution in [-0.4, -0.2) is 12.3 Å². The maximum atomic E-state index is 4.51. The lowest BCUT2D eigenvalue weighted by Gasteiger charge is -2.15. The van der Waals surface area contributed by atoms with Crippen molar-refractivity contribution in [2.24, 2.45) is 16.3 Å². The quantitative estimate of drug-likeness (QED) is 0.543. The topological polar surface area (TPSA) is 12.4 Å². The summed E-state index contributed by atoms with van der Waals surface area (Å²) in [6.45, 7) is 14.1. The van der Waals surface area contributed by atoms with Crippen molar-refractivity contribution in [2.75, 3.05) is 6.54 Å². The van der Waals surface area contributed by atoms with Gasteiger partial charge in [-0.2, -0.15) is 0 Å². The summed E-state index contributed by atoms with van der Waals surface area (Å²) in [6, 6.07) is 0. The first-order valence-corrected chi connectivity index (χ1v) is 4.34. The van der Waals surface area contributed by atoms with Crippen LogP contribution in [0.4, 0.5) is 0 Å². The molecular formula is C10H21N. The Labute approximate surface area is 70.9 Å². The van der Waals surface area contributed by atoms with Gasteiger partial charge in [-0.05, 0) is 18.3 Å². The van der Waals surface area contributed by atoms with Crippen LogP contribution in [0.1, 0.15) is 41.5 Å². The van der Waals surface area contributed by atoms with Crippen LogP contribution >= 0.6 is 0 Å². The lowest BCUT2D eigenvalue weighted by molar-refractivity contribution is 0.428. The van der Waals surface area contributed by atoms with E-state index in [2.05, 4.69) is 46.5 Å². The molecular weight excluding hydrogens is 134 g/mol. The lowest BCUT2D eigenvalue weighted by atomic mass is 9.97. The molecule has 1 heteroatoms. The van der Waals surface area contributed by atoms with Gasteiger partial charge >= 0.3 is 0 Å². The van der Waals surface area contributed by atoms with E-state index in [1.807, 2.05) is 0 Å². The Morgan fingerprint density at radius 2 is 1.73 bits per heavy atom. The molecule has 0 aliphatic heterocycles. The third-order valence-corrected chi connectivity index (χ3v) is 1.64. The monoisotopic (exact) mass is 155 g/mol. The van der Waals surface area contributed by atoms with E-state index in [0.29, 0.717) is 11.3 Å². The SMILES string of the molecule is C/C(=N\CC(C)(C)C)C(C)C. The maximum Gasteiger partial charge on any atom is 0.0437 e. The molecule has 1 nitrogen and oxygen atoms in total. The summed E-state index contributed by atoms with van der Waals surface area (Å²) in [4.78, 5) is 4.51. The normalized spacial score (nSPS) is 14.3. The highest BCUT2D eigenvalue weighted by atomic mass is 14.7. The molecule has 0 bridgehead atoms. The Bertz CT molecular complexity index is 137. The Balaban J connectivity index is 3.93. The number of hydrogen-bond acceptors (Lipinski definition) is 1. The minimum atomic E-state index is 0.330. The van der Waals surface area contributed by atoms with Crippen molar-refractivity contribution in [3.05, 3.63) is 0 Å². The molecule has 0 amide bonds. The second-order valence-electron chi connectivity index (χ2n) is 4.67. The van der Waals surface area contributed by atoms with Gasteiger partial charge in [0, 0.05) is 12.3 Å². The largest absolute Gasteiger partial charge is 0.294 e. The summed E-state index contributed by atoms with van der Waals surface area (Å²) in [7, 11) is 0. The minimum absolute atomic E-state index is 0.330. The molecule has 11 heavy (non-hydrogen) atoms. The highest BCUT2D eigenvalue weighted by Gasteiger charge is 2.08. The van der Waals surface area contributed by atoms with E-state index < -0.39 is 0 Å².